The van der Waals surface area contributed by atoms with Gasteiger partial charge in [0.15, 0.2) is 0 Å². The minimum absolute atomic E-state index is 0.0936. The smallest absolute Gasteiger partial charge is 0.410 e. The highest BCUT2D eigenvalue weighted by Crippen LogP contribution is 2.24. The molecule has 0 aromatic carbocycles. The topological polar surface area (TPSA) is 96.1 Å². The van der Waals surface area contributed by atoms with Crippen molar-refractivity contribution in [1.29, 1.82) is 0 Å². The van der Waals surface area contributed by atoms with Crippen LogP contribution in [0.5, 0.6) is 0 Å². The zero-order valence-electron chi connectivity index (χ0n) is 13.4. The molecule has 1 aliphatic rings. The molecule has 1 aromatic rings. The average Bonchev–Trinajstić information content (AvgIpc) is 2.96. The van der Waals surface area contributed by atoms with Crippen molar-refractivity contribution in [2.75, 3.05) is 6.54 Å². The van der Waals surface area contributed by atoms with E-state index in [-0.39, 0.29) is 18.2 Å². The number of aryl methyl sites for hydroxylation is 1. The lowest BCUT2D eigenvalue weighted by molar-refractivity contribution is 0.0209. The van der Waals surface area contributed by atoms with Crippen LogP contribution in [0, 0.1) is 6.92 Å². The molecule has 0 spiro atoms. The predicted octanol–water partition coefficient (Wildman–Crippen LogP) is 2.88. The summed E-state index contributed by atoms with van der Waals surface area (Å²) >= 11 is 0. The molecule has 2 heterocycles. The lowest BCUT2D eigenvalue weighted by Gasteiger charge is -2.28. The fraction of sp³-hybridized carbons (Fsp3) is 0.714. The highest BCUT2D eigenvalue weighted by molar-refractivity contribution is 5.69. The van der Waals surface area contributed by atoms with Crippen LogP contribution in [0.2, 0.25) is 0 Å². The fourth-order valence-corrected chi connectivity index (χ4v) is 2.56. The number of carbonyl (C=O) groups is 1. The first kappa shape index (κ1) is 16.2. The molecule has 2 rings (SSSR count). The Morgan fingerprint density at radius 1 is 1.59 bits per heavy atom. The summed E-state index contributed by atoms with van der Waals surface area (Å²) in [6.07, 6.45) is 1.97. The molecule has 22 heavy (non-hydrogen) atoms. The summed E-state index contributed by atoms with van der Waals surface area (Å²) in [5.74, 6) is 0. The molecule has 8 nitrogen and oxygen atoms in total. The van der Waals surface area contributed by atoms with Crippen LogP contribution >= 0.6 is 0 Å². The molecular weight excluding hydrogens is 284 g/mol. The van der Waals surface area contributed by atoms with Gasteiger partial charge in [0.25, 0.3) is 0 Å². The van der Waals surface area contributed by atoms with Crippen LogP contribution in [0.25, 0.3) is 10.4 Å². The molecule has 1 fully saturated rings. The van der Waals surface area contributed by atoms with E-state index in [0.717, 1.165) is 5.69 Å². The van der Waals surface area contributed by atoms with Crippen molar-refractivity contribution >= 4 is 6.09 Å². The van der Waals surface area contributed by atoms with Gasteiger partial charge in [-0.25, -0.2) is 4.79 Å². The molecule has 0 radical (unpaired) electrons. The quantitative estimate of drug-likeness (QED) is 0.488. The Hall–Kier alpha value is -2.21. The van der Waals surface area contributed by atoms with Crippen molar-refractivity contribution in [2.24, 2.45) is 5.11 Å². The highest BCUT2D eigenvalue weighted by Gasteiger charge is 2.37. The summed E-state index contributed by atoms with van der Waals surface area (Å²) in [4.78, 5) is 16.9. The van der Waals surface area contributed by atoms with Crippen molar-refractivity contribution < 1.29 is 9.53 Å². The van der Waals surface area contributed by atoms with Gasteiger partial charge in [0, 0.05) is 23.3 Å². The first-order valence-corrected chi connectivity index (χ1v) is 7.32. The molecule has 0 bridgehead atoms. The van der Waals surface area contributed by atoms with Gasteiger partial charge in [0.2, 0.25) is 0 Å². The third-order valence-corrected chi connectivity index (χ3v) is 3.55. The number of amides is 1. The monoisotopic (exact) mass is 306 g/mol. The lowest BCUT2D eigenvalue weighted by atomic mass is 10.2. The van der Waals surface area contributed by atoms with Crippen molar-refractivity contribution in [2.45, 2.75) is 58.3 Å². The molecule has 8 heteroatoms. The summed E-state index contributed by atoms with van der Waals surface area (Å²) in [6, 6.07) is 1.60. The van der Waals surface area contributed by atoms with E-state index in [4.69, 9.17) is 10.3 Å². The van der Waals surface area contributed by atoms with Gasteiger partial charge in [0.05, 0.1) is 18.6 Å². The van der Waals surface area contributed by atoms with E-state index in [1.807, 2.05) is 38.4 Å². The number of hydrogen-bond donors (Lipinski definition) is 0. The van der Waals surface area contributed by atoms with E-state index in [1.54, 1.807) is 11.1 Å². The number of likely N-dealkylation sites (tertiary alicyclic amines) is 1. The Morgan fingerprint density at radius 3 is 2.86 bits per heavy atom. The Kier molecular flexibility index (Phi) is 4.61. The number of azide groups is 1. The van der Waals surface area contributed by atoms with Crippen LogP contribution in [0.15, 0.2) is 17.4 Å². The van der Waals surface area contributed by atoms with Crippen molar-refractivity contribution in [1.82, 2.24) is 14.7 Å². The Balaban J connectivity index is 2.14. The van der Waals surface area contributed by atoms with Gasteiger partial charge < -0.3 is 9.64 Å². The Labute approximate surface area is 129 Å². The summed E-state index contributed by atoms with van der Waals surface area (Å²) < 4.78 is 7.30. The molecule has 1 aromatic heterocycles. The zero-order valence-corrected chi connectivity index (χ0v) is 13.4. The Morgan fingerprint density at radius 2 is 2.32 bits per heavy atom. The minimum Gasteiger partial charge on any atom is -0.444 e. The van der Waals surface area contributed by atoms with E-state index < -0.39 is 5.60 Å². The van der Waals surface area contributed by atoms with Crippen LogP contribution in [0.4, 0.5) is 4.79 Å². The minimum atomic E-state index is -0.556. The summed E-state index contributed by atoms with van der Waals surface area (Å²) in [5, 5.41) is 8.01. The lowest BCUT2D eigenvalue weighted by Crippen LogP contribution is -2.42. The van der Waals surface area contributed by atoms with E-state index in [0.29, 0.717) is 19.5 Å². The van der Waals surface area contributed by atoms with E-state index in [1.165, 1.54) is 0 Å². The number of ether oxygens (including phenoxy) is 1. The van der Waals surface area contributed by atoms with Crippen LogP contribution in [-0.4, -0.2) is 45.0 Å². The molecular formula is C14H22N6O2. The molecule has 2 atom stereocenters. The number of carbonyl (C=O) groups excluding carboxylic acids is 1. The SMILES string of the molecule is Cc1ccnn1C[C@H]1CC(N=[N+]=[N-])CN1C(=O)OC(C)(C)C. The van der Waals surface area contributed by atoms with Gasteiger partial charge in [-0.3, -0.25) is 4.68 Å². The number of nitrogens with zero attached hydrogens (tertiary/aromatic N) is 6. The van der Waals surface area contributed by atoms with E-state index in [2.05, 4.69) is 15.1 Å². The zero-order chi connectivity index (χ0) is 16.3. The van der Waals surface area contributed by atoms with Crippen LogP contribution in [-0.2, 0) is 11.3 Å². The maximum atomic E-state index is 12.4. The predicted molar refractivity (Wildman–Crippen MR) is 81.2 cm³/mol. The van der Waals surface area contributed by atoms with Gasteiger partial charge in [-0.15, -0.1) is 0 Å². The van der Waals surface area contributed by atoms with Crippen molar-refractivity contribution in [3.63, 3.8) is 0 Å². The normalized spacial score (nSPS) is 21.5. The second kappa shape index (κ2) is 6.27. The van der Waals surface area contributed by atoms with Crippen LogP contribution < -0.4 is 0 Å². The maximum absolute atomic E-state index is 12.4. The van der Waals surface area contributed by atoms with Gasteiger partial charge in [0.1, 0.15) is 5.60 Å². The van der Waals surface area contributed by atoms with E-state index in [9.17, 15) is 4.79 Å². The molecule has 0 aliphatic carbocycles. The highest BCUT2D eigenvalue weighted by atomic mass is 16.6. The van der Waals surface area contributed by atoms with Crippen LogP contribution in [0.1, 0.15) is 32.9 Å². The average molecular weight is 306 g/mol. The number of hydrogen-bond acceptors (Lipinski definition) is 4. The molecule has 120 valence electrons. The van der Waals surface area contributed by atoms with Gasteiger partial charge in [-0.1, -0.05) is 5.11 Å². The third-order valence-electron chi connectivity index (χ3n) is 3.55. The molecule has 1 aliphatic heterocycles. The molecule has 1 saturated heterocycles. The summed E-state index contributed by atoms with van der Waals surface area (Å²) in [7, 11) is 0. The fourth-order valence-electron chi connectivity index (χ4n) is 2.56. The largest absolute Gasteiger partial charge is 0.444 e. The van der Waals surface area contributed by atoms with Gasteiger partial charge >= 0.3 is 6.09 Å². The van der Waals surface area contributed by atoms with E-state index >= 15 is 0 Å². The van der Waals surface area contributed by atoms with Crippen molar-refractivity contribution in [3.8, 4) is 0 Å². The standard InChI is InChI=1S/C14H22N6O2/c1-10-5-6-16-20(10)9-12-7-11(17-18-15)8-19(12)13(21)22-14(2,3)4/h5-6,11-12H,7-9H2,1-4H3/t11?,12-/m1/s1. The molecule has 1 amide bonds. The second-order valence-corrected chi connectivity index (χ2v) is 6.54. The number of aromatic nitrogens is 2. The summed E-state index contributed by atoms with van der Waals surface area (Å²) in [5.41, 5.74) is 9.10. The first-order valence-electron chi connectivity index (χ1n) is 7.32. The number of rotatable bonds is 3. The summed E-state index contributed by atoms with van der Waals surface area (Å²) in [6.45, 7) is 8.40. The van der Waals surface area contributed by atoms with Crippen molar-refractivity contribution in [3.05, 3.63) is 28.4 Å². The Bertz CT molecular complexity index is 584. The molecule has 0 N–H and O–H groups in total. The van der Waals surface area contributed by atoms with Gasteiger partial charge in [-0.2, -0.15) is 5.10 Å². The van der Waals surface area contributed by atoms with Crippen LogP contribution in [0.3, 0.4) is 0 Å². The molecule has 1 unspecified atom stereocenters. The second-order valence-electron chi connectivity index (χ2n) is 6.54. The first-order chi connectivity index (χ1) is 10.3. The third kappa shape index (κ3) is 3.92. The van der Waals surface area contributed by atoms with Gasteiger partial charge in [-0.05, 0) is 45.7 Å². The molecule has 0 saturated carbocycles. The maximum Gasteiger partial charge on any atom is 0.410 e.